The van der Waals surface area contributed by atoms with E-state index in [1.807, 2.05) is 42.5 Å². The van der Waals surface area contributed by atoms with Crippen LogP contribution >= 0.6 is 0 Å². The van der Waals surface area contributed by atoms with E-state index >= 15 is 0 Å². The molecule has 0 aliphatic carbocycles. The van der Waals surface area contributed by atoms with Gasteiger partial charge in [-0.05, 0) is 11.6 Å². The van der Waals surface area contributed by atoms with Gasteiger partial charge in [-0.1, -0.05) is 60.7 Å². The molecule has 0 atom stereocenters. The molecule has 8 nitrogen and oxygen atoms in total. The van der Waals surface area contributed by atoms with E-state index in [9.17, 15) is 19.2 Å². The van der Waals surface area contributed by atoms with Gasteiger partial charge in [-0.25, -0.2) is 28.1 Å². The molecule has 3 aromatic rings. The highest BCUT2D eigenvalue weighted by molar-refractivity contribution is 5.95. The molecule has 2 aromatic carbocycles. The van der Waals surface area contributed by atoms with Crippen LogP contribution in [0, 0.1) is 0 Å². The van der Waals surface area contributed by atoms with Crippen molar-refractivity contribution in [2.24, 2.45) is 0 Å². The fraction of sp³-hybridized carbons (Fsp3) is 0.130. The molecule has 1 aromatic heterocycles. The lowest BCUT2D eigenvalue weighted by Gasteiger charge is -2.14. The Kier molecular flexibility index (Phi) is 6.61. The number of hydrogen-bond donors (Lipinski definition) is 1. The van der Waals surface area contributed by atoms with E-state index in [1.54, 1.807) is 12.1 Å². The number of para-hydroxylation sites is 1. The van der Waals surface area contributed by atoms with Crippen molar-refractivity contribution >= 4 is 11.6 Å². The molecule has 0 radical (unpaired) electrons. The summed E-state index contributed by atoms with van der Waals surface area (Å²) in [6, 6.07) is 16.7. The normalized spacial score (nSPS) is 10.5. The first-order valence-corrected chi connectivity index (χ1v) is 9.58. The molecule has 0 bridgehead atoms. The van der Waals surface area contributed by atoms with Crippen molar-refractivity contribution in [3.8, 4) is 11.1 Å². The van der Waals surface area contributed by atoms with E-state index in [1.165, 1.54) is 12.2 Å². The molecule has 8 heteroatoms. The third kappa shape index (κ3) is 4.53. The number of nitrogens with zero attached hydrogens (tertiary/aromatic N) is 3. The smallest absolute Gasteiger partial charge is 0.324 e. The van der Waals surface area contributed by atoms with Crippen molar-refractivity contribution in [2.45, 2.75) is 19.6 Å². The summed E-state index contributed by atoms with van der Waals surface area (Å²) in [5.41, 5.74) is -0.283. The van der Waals surface area contributed by atoms with Gasteiger partial charge in [-0.2, -0.15) is 0 Å². The van der Waals surface area contributed by atoms with Crippen molar-refractivity contribution in [2.75, 3.05) is 5.32 Å². The third-order valence-corrected chi connectivity index (χ3v) is 4.60. The summed E-state index contributed by atoms with van der Waals surface area (Å²) >= 11 is 0. The first-order chi connectivity index (χ1) is 15.0. The minimum absolute atomic E-state index is 0.0897. The molecular weight excluding hydrogens is 396 g/mol. The van der Waals surface area contributed by atoms with Gasteiger partial charge in [-0.15, -0.1) is 13.2 Å². The number of rotatable bonds is 8. The van der Waals surface area contributed by atoms with E-state index in [2.05, 4.69) is 18.5 Å². The zero-order valence-electron chi connectivity index (χ0n) is 16.9. The maximum absolute atomic E-state index is 12.7. The highest BCUT2D eigenvalue weighted by Gasteiger charge is 2.17. The first-order valence-electron chi connectivity index (χ1n) is 9.58. The second-order valence-corrected chi connectivity index (χ2v) is 6.69. The number of carbonyl (C=O) groups is 1. The van der Waals surface area contributed by atoms with E-state index in [0.717, 1.165) is 24.8 Å². The Bertz CT molecular complexity index is 1250. The zero-order valence-corrected chi connectivity index (χ0v) is 16.9. The van der Waals surface area contributed by atoms with Crippen LogP contribution in [0.3, 0.4) is 0 Å². The molecule has 0 saturated carbocycles. The molecule has 0 fully saturated rings. The van der Waals surface area contributed by atoms with Gasteiger partial charge < -0.3 is 5.32 Å². The number of benzene rings is 2. The van der Waals surface area contributed by atoms with E-state index in [0.29, 0.717) is 5.69 Å². The third-order valence-electron chi connectivity index (χ3n) is 4.60. The fourth-order valence-corrected chi connectivity index (χ4v) is 3.18. The lowest BCUT2D eigenvalue weighted by Crippen LogP contribution is -2.55. The number of amides is 1. The predicted octanol–water partition coefficient (Wildman–Crippen LogP) is 1.85. The van der Waals surface area contributed by atoms with Crippen molar-refractivity contribution in [3.05, 3.63) is 111 Å². The van der Waals surface area contributed by atoms with Gasteiger partial charge in [0, 0.05) is 11.3 Å². The Labute approximate surface area is 178 Å². The molecule has 0 aliphatic rings. The van der Waals surface area contributed by atoms with E-state index in [4.69, 9.17) is 0 Å². The maximum Gasteiger partial charge on any atom is 0.337 e. The molecule has 1 N–H and O–H groups in total. The summed E-state index contributed by atoms with van der Waals surface area (Å²) in [7, 11) is 0. The number of hydrogen-bond acceptors (Lipinski definition) is 4. The molecule has 1 amide bonds. The van der Waals surface area contributed by atoms with Gasteiger partial charge in [0.05, 0.1) is 13.1 Å². The van der Waals surface area contributed by atoms with Gasteiger partial charge in [0.15, 0.2) is 0 Å². The quantitative estimate of drug-likeness (QED) is 0.565. The SMILES string of the molecule is C=CCn1c(=O)n(CC=C)c(=O)n(CC(=O)Nc2ccccc2-c2ccccc2)c1=O. The van der Waals surface area contributed by atoms with Gasteiger partial charge in [0.25, 0.3) is 0 Å². The predicted molar refractivity (Wildman–Crippen MR) is 120 cm³/mol. The minimum Gasteiger partial charge on any atom is -0.324 e. The van der Waals surface area contributed by atoms with Crippen molar-refractivity contribution < 1.29 is 4.79 Å². The number of carbonyl (C=O) groups excluding carboxylic acids is 1. The summed E-state index contributed by atoms with van der Waals surface area (Å²) in [5.74, 6) is -0.573. The summed E-state index contributed by atoms with van der Waals surface area (Å²) in [6.45, 7) is 6.33. The van der Waals surface area contributed by atoms with Crippen LogP contribution in [0.15, 0.2) is 94.3 Å². The summed E-state index contributed by atoms with van der Waals surface area (Å²) in [4.78, 5) is 50.6. The van der Waals surface area contributed by atoms with Crippen molar-refractivity contribution in [3.63, 3.8) is 0 Å². The largest absolute Gasteiger partial charge is 0.337 e. The standard InChI is InChI=1S/C23H22N4O4/c1-3-14-25-21(29)26(15-4-2)23(31)27(22(25)30)16-20(28)24-19-13-9-8-12-18(19)17-10-6-5-7-11-17/h3-13H,1-2,14-16H2,(H,24,28). The second-order valence-electron chi connectivity index (χ2n) is 6.69. The fourth-order valence-electron chi connectivity index (χ4n) is 3.18. The highest BCUT2D eigenvalue weighted by atomic mass is 16.2. The van der Waals surface area contributed by atoms with Gasteiger partial charge in [0.1, 0.15) is 6.54 Å². The number of anilines is 1. The minimum atomic E-state index is -0.873. The first kappa shape index (κ1) is 21.5. The Morgan fingerprint density at radius 1 is 0.774 bits per heavy atom. The molecule has 3 rings (SSSR count). The van der Waals surface area contributed by atoms with Crippen LogP contribution in [-0.4, -0.2) is 19.6 Å². The second kappa shape index (κ2) is 9.53. The average molecular weight is 418 g/mol. The van der Waals surface area contributed by atoms with E-state index < -0.39 is 29.5 Å². The molecule has 0 saturated heterocycles. The van der Waals surface area contributed by atoms with Crippen LogP contribution in [0.1, 0.15) is 0 Å². The Morgan fingerprint density at radius 2 is 1.29 bits per heavy atom. The van der Waals surface area contributed by atoms with E-state index in [-0.39, 0.29) is 13.1 Å². The van der Waals surface area contributed by atoms with Crippen molar-refractivity contribution in [1.29, 1.82) is 0 Å². The van der Waals surface area contributed by atoms with Crippen LogP contribution in [-0.2, 0) is 24.4 Å². The van der Waals surface area contributed by atoms with Gasteiger partial charge in [0.2, 0.25) is 5.91 Å². The summed E-state index contributed by atoms with van der Waals surface area (Å²) in [5, 5.41) is 2.75. The zero-order chi connectivity index (χ0) is 22.4. The van der Waals surface area contributed by atoms with Crippen LogP contribution in [0.4, 0.5) is 5.69 Å². The van der Waals surface area contributed by atoms with Crippen LogP contribution < -0.4 is 22.4 Å². The summed E-state index contributed by atoms with van der Waals surface area (Å²) < 4.78 is 2.43. The Morgan fingerprint density at radius 3 is 1.87 bits per heavy atom. The lowest BCUT2D eigenvalue weighted by molar-refractivity contribution is -0.116. The van der Waals surface area contributed by atoms with Crippen LogP contribution in [0.25, 0.3) is 11.1 Å². The number of aromatic nitrogens is 3. The molecule has 158 valence electrons. The van der Waals surface area contributed by atoms with Gasteiger partial charge >= 0.3 is 17.1 Å². The maximum atomic E-state index is 12.7. The number of allylic oxidation sites excluding steroid dienone is 2. The Balaban J connectivity index is 1.98. The molecule has 0 unspecified atom stereocenters. The molecule has 0 spiro atoms. The van der Waals surface area contributed by atoms with Crippen LogP contribution in [0.5, 0.6) is 0 Å². The van der Waals surface area contributed by atoms with Gasteiger partial charge in [-0.3, -0.25) is 4.79 Å². The van der Waals surface area contributed by atoms with Crippen molar-refractivity contribution in [1.82, 2.24) is 13.7 Å². The Hall–Kier alpha value is -4.20. The summed E-state index contributed by atoms with van der Waals surface area (Å²) in [6.07, 6.45) is 2.73. The molecule has 0 aliphatic heterocycles. The molecule has 31 heavy (non-hydrogen) atoms. The molecular formula is C23H22N4O4. The topological polar surface area (TPSA) is 95.1 Å². The monoisotopic (exact) mass is 418 g/mol. The highest BCUT2D eigenvalue weighted by Crippen LogP contribution is 2.27. The average Bonchev–Trinajstić information content (AvgIpc) is 2.78. The molecule has 1 heterocycles. The van der Waals surface area contributed by atoms with Crippen LogP contribution in [0.2, 0.25) is 0 Å². The lowest BCUT2D eigenvalue weighted by atomic mass is 10.0. The number of nitrogens with one attached hydrogen (secondary N) is 1.